The summed E-state index contributed by atoms with van der Waals surface area (Å²) >= 11 is 0. The fourth-order valence-corrected chi connectivity index (χ4v) is 2.55. The second-order valence-electron chi connectivity index (χ2n) is 8.06. The van der Waals surface area contributed by atoms with Crippen LogP contribution in [0.4, 0.5) is 4.79 Å². The van der Waals surface area contributed by atoms with Crippen LogP contribution in [0.2, 0.25) is 0 Å². The number of rotatable bonds is 10. The lowest BCUT2D eigenvalue weighted by Gasteiger charge is -2.19. The van der Waals surface area contributed by atoms with Crippen LogP contribution in [0.3, 0.4) is 0 Å². The number of amidine groups is 2. The third-order valence-electron chi connectivity index (χ3n) is 4.08. The average Bonchev–Trinajstić information content (AvgIpc) is 2.76. The van der Waals surface area contributed by atoms with Crippen molar-refractivity contribution in [2.45, 2.75) is 52.2 Å². The minimum absolute atomic E-state index is 0.0313. The van der Waals surface area contributed by atoms with Crippen molar-refractivity contribution in [3.8, 4) is 0 Å². The van der Waals surface area contributed by atoms with Crippen LogP contribution in [0.1, 0.15) is 45.6 Å². The molecular formula is C21H31N7O4. The predicted octanol–water partition coefficient (Wildman–Crippen LogP) is 0.934. The number of carbonyl (C=O) groups is 3. The summed E-state index contributed by atoms with van der Waals surface area (Å²) in [5.74, 6) is -0.937. The molecule has 5 N–H and O–H groups in total. The van der Waals surface area contributed by atoms with Crippen LogP contribution in [-0.2, 0) is 20.9 Å². The molecule has 0 aliphatic carbocycles. The van der Waals surface area contributed by atoms with Crippen LogP contribution in [0.5, 0.6) is 0 Å². The van der Waals surface area contributed by atoms with Gasteiger partial charge in [0.25, 0.3) is 11.8 Å². The maximum Gasteiger partial charge on any atom is 0.407 e. The lowest BCUT2D eigenvalue weighted by molar-refractivity contribution is -0.116. The first-order valence-electron chi connectivity index (χ1n) is 10.5. The average molecular weight is 446 g/mol. The number of hydrogen-bond donors (Lipinski definition) is 5. The van der Waals surface area contributed by atoms with E-state index in [2.05, 4.69) is 37.0 Å². The standard InChI is InChI=1S/C21H31N7O4/c1-21(2,3)32-20(31)23-13-9-5-8-12-22-18(29)16-25-27-17(28-26-16)19(30)24-14-15-10-6-4-7-11-15/h4,6-7,10-11H,5,8-9,12-14H2,1-3H3,(H,22,29)(H,23,31)(H,24,30)(H,25,26)(H,27,28). The highest BCUT2D eigenvalue weighted by atomic mass is 16.6. The first-order valence-corrected chi connectivity index (χ1v) is 10.5. The number of hydrazone groups is 2. The van der Waals surface area contributed by atoms with Gasteiger partial charge >= 0.3 is 6.09 Å². The van der Waals surface area contributed by atoms with E-state index >= 15 is 0 Å². The minimum atomic E-state index is -0.518. The Labute approximate surface area is 187 Å². The first kappa shape index (κ1) is 24.6. The van der Waals surface area contributed by atoms with Crippen molar-refractivity contribution in [3.05, 3.63) is 35.9 Å². The number of alkyl carbamates (subject to hydrolysis) is 1. The molecule has 11 heteroatoms. The van der Waals surface area contributed by atoms with Gasteiger partial charge in [0.2, 0.25) is 11.7 Å². The third-order valence-corrected chi connectivity index (χ3v) is 4.08. The summed E-state index contributed by atoms with van der Waals surface area (Å²) in [5.41, 5.74) is 5.40. The molecule has 3 amide bonds. The van der Waals surface area contributed by atoms with Gasteiger partial charge in [0, 0.05) is 19.6 Å². The number of hydrogen-bond acceptors (Lipinski definition) is 8. The molecule has 2 rings (SSSR count). The van der Waals surface area contributed by atoms with E-state index in [4.69, 9.17) is 4.74 Å². The van der Waals surface area contributed by atoms with Gasteiger partial charge < -0.3 is 20.7 Å². The number of benzene rings is 1. The highest BCUT2D eigenvalue weighted by Crippen LogP contribution is 2.06. The van der Waals surface area contributed by atoms with Gasteiger partial charge in [0.15, 0.2) is 0 Å². The normalized spacial score (nSPS) is 13.0. The van der Waals surface area contributed by atoms with E-state index in [0.29, 0.717) is 19.6 Å². The van der Waals surface area contributed by atoms with E-state index in [1.54, 1.807) is 0 Å². The topological polar surface area (TPSA) is 145 Å². The molecule has 1 aliphatic heterocycles. The summed E-state index contributed by atoms with van der Waals surface area (Å²) in [4.78, 5) is 35.7. The molecule has 0 saturated carbocycles. The lowest BCUT2D eigenvalue weighted by Crippen LogP contribution is -2.47. The lowest BCUT2D eigenvalue weighted by atomic mass is 10.2. The molecule has 0 spiro atoms. The molecule has 32 heavy (non-hydrogen) atoms. The molecule has 0 aromatic heterocycles. The largest absolute Gasteiger partial charge is 0.444 e. The van der Waals surface area contributed by atoms with E-state index in [0.717, 1.165) is 24.8 Å². The van der Waals surface area contributed by atoms with E-state index < -0.39 is 23.5 Å². The third kappa shape index (κ3) is 9.45. The predicted molar refractivity (Wildman–Crippen MR) is 121 cm³/mol. The molecule has 1 heterocycles. The molecule has 0 radical (unpaired) electrons. The molecule has 0 unspecified atom stereocenters. The van der Waals surface area contributed by atoms with E-state index in [9.17, 15) is 14.4 Å². The van der Waals surface area contributed by atoms with Crippen LogP contribution in [0.15, 0.2) is 40.5 Å². The van der Waals surface area contributed by atoms with Crippen molar-refractivity contribution in [2.75, 3.05) is 13.1 Å². The Hall–Kier alpha value is -3.63. The molecular weight excluding hydrogens is 414 g/mol. The summed E-state index contributed by atoms with van der Waals surface area (Å²) in [6.45, 7) is 6.73. The number of nitrogens with zero attached hydrogens (tertiary/aromatic N) is 2. The van der Waals surface area contributed by atoms with Crippen molar-refractivity contribution >= 4 is 29.6 Å². The number of amides is 3. The van der Waals surface area contributed by atoms with Crippen molar-refractivity contribution < 1.29 is 19.1 Å². The van der Waals surface area contributed by atoms with Crippen molar-refractivity contribution in [2.24, 2.45) is 10.2 Å². The van der Waals surface area contributed by atoms with E-state index in [1.807, 2.05) is 51.1 Å². The highest BCUT2D eigenvalue weighted by molar-refractivity contribution is 6.42. The molecule has 0 saturated heterocycles. The van der Waals surface area contributed by atoms with Crippen LogP contribution >= 0.6 is 0 Å². The zero-order valence-electron chi connectivity index (χ0n) is 18.7. The molecule has 11 nitrogen and oxygen atoms in total. The smallest absolute Gasteiger partial charge is 0.407 e. The van der Waals surface area contributed by atoms with Crippen LogP contribution in [-0.4, -0.2) is 48.3 Å². The maximum atomic E-state index is 12.1. The van der Waals surface area contributed by atoms with Crippen molar-refractivity contribution in [3.63, 3.8) is 0 Å². The van der Waals surface area contributed by atoms with Gasteiger partial charge in [-0.15, -0.1) is 10.2 Å². The number of carbonyl (C=O) groups excluding carboxylic acids is 3. The Bertz CT molecular complexity index is 847. The quantitative estimate of drug-likeness (QED) is 0.339. The van der Waals surface area contributed by atoms with Crippen LogP contribution in [0.25, 0.3) is 0 Å². The SMILES string of the molecule is CC(C)(C)OC(=O)NCCCCCNC(=O)C1=NNC(C(=O)NCc2ccccc2)=NN1. The van der Waals surface area contributed by atoms with Gasteiger partial charge in [0.05, 0.1) is 0 Å². The highest BCUT2D eigenvalue weighted by Gasteiger charge is 2.19. The number of unbranched alkanes of at least 4 members (excludes halogenated alkanes) is 2. The van der Waals surface area contributed by atoms with Gasteiger partial charge in [-0.25, -0.2) is 4.79 Å². The zero-order chi connectivity index (χ0) is 23.4. The summed E-state index contributed by atoms with van der Waals surface area (Å²) in [7, 11) is 0. The molecule has 174 valence electrons. The molecule has 0 bridgehead atoms. The van der Waals surface area contributed by atoms with Gasteiger partial charge in [0.1, 0.15) is 5.60 Å². The Kier molecular flexibility index (Phi) is 9.45. The van der Waals surface area contributed by atoms with Gasteiger partial charge in [-0.05, 0) is 45.6 Å². The van der Waals surface area contributed by atoms with E-state index in [-0.39, 0.29) is 11.7 Å². The van der Waals surface area contributed by atoms with Crippen LogP contribution in [0, 0.1) is 0 Å². The Morgan fingerprint density at radius 3 is 1.97 bits per heavy atom. The number of ether oxygens (including phenoxy) is 1. The molecule has 1 aromatic rings. The Morgan fingerprint density at radius 2 is 1.41 bits per heavy atom. The van der Waals surface area contributed by atoms with Gasteiger partial charge in [-0.2, -0.15) is 0 Å². The Morgan fingerprint density at radius 1 is 0.844 bits per heavy atom. The minimum Gasteiger partial charge on any atom is -0.444 e. The van der Waals surface area contributed by atoms with Gasteiger partial charge in [-0.1, -0.05) is 30.3 Å². The fraction of sp³-hybridized carbons (Fsp3) is 0.476. The zero-order valence-corrected chi connectivity index (χ0v) is 18.7. The second kappa shape index (κ2) is 12.3. The maximum absolute atomic E-state index is 12.1. The van der Waals surface area contributed by atoms with Crippen LogP contribution < -0.4 is 26.8 Å². The fourth-order valence-electron chi connectivity index (χ4n) is 2.55. The molecule has 0 fully saturated rings. The number of nitrogens with one attached hydrogen (secondary N) is 5. The molecule has 1 aliphatic rings. The Balaban J connectivity index is 1.56. The van der Waals surface area contributed by atoms with Gasteiger partial charge in [-0.3, -0.25) is 20.4 Å². The monoisotopic (exact) mass is 445 g/mol. The summed E-state index contributed by atoms with van der Waals surface area (Å²) in [6.07, 6.45) is 1.88. The van der Waals surface area contributed by atoms with Crippen molar-refractivity contribution in [1.82, 2.24) is 26.8 Å². The first-order chi connectivity index (χ1) is 15.2. The molecule has 0 atom stereocenters. The summed E-state index contributed by atoms with van der Waals surface area (Å²) in [6, 6.07) is 9.46. The second-order valence-corrected chi connectivity index (χ2v) is 8.06. The molecule has 1 aromatic carbocycles. The summed E-state index contributed by atoms with van der Waals surface area (Å²) < 4.78 is 5.15. The summed E-state index contributed by atoms with van der Waals surface area (Å²) in [5, 5.41) is 15.8. The van der Waals surface area contributed by atoms with E-state index in [1.165, 1.54) is 0 Å². The van der Waals surface area contributed by atoms with Crippen molar-refractivity contribution in [1.29, 1.82) is 0 Å².